The number of hydrogen-bond donors (Lipinski definition) is 1. The van der Waals surface area contributed by atoms with Crippen molar-refractivity contribution in [1.29, 1.82) is 0 Å². The van der Waals surface area contributed by atoms with Crippen molar-refractivity contribution in [3.8, 4) is 0 Å². The number of esters is 1. The maximum atomic E-state index is 14.8. The number of aliphatic hydroxyl groups is 1. The van der Waals surface area contributed by atoms with Crippen molar-refractivity contribution in [2.45, 2.75) is 62.8 Å². The number of carbonyl (C=O) groups is 3. The van der Waals surface area contributed by atoms with Crippen LogP contribution in [0.2, 0.25) is 0 Å². The Bertz CT molecular complexity index is 1240. The molecule has 45 heavy (non-hydrogen) atoms. The van der Waals surface area contributed by atoms with E-state index in [4.69, 9.17) is 14.2 Å². The SMILES string of the molecule is C=CCCCOC(=O)[C@@H]1[C@H]2C(=O)N([C@@H](CO)Cc3ccccc3)C(C(=O)N(CC=C)CCN3CCOCC3)C23CC(C)[C@@]1(C)O3. The zero-order valence-electron chi connectivity index (χ0n) is 26.8. The number of ether oxygens (including phenoxy) is 3. The average molecular weight is 624 g/mol. The first-order chi connectivity index (χ1) is 21.7. The molecule has 0 aromatic heterocycles. The van der Waals surface area contributed by atoms with Gasteiger partial charge in [0.15, 0.2) is 0 Å². The molecule has 1 spiro atoms. The molecule has 4 heterocycles. The third-order valence-corrected chi connectivity index (χ3v) is 10.4. The number of carbonyl (C=O) groups excluding carboxylic acids is 3. The lowest BCUT2D eigenvalue weighted by Gasteiger charge is -2.40. The van der Waals surface area contributed by atoms with Gasteiger partial charge in [0.2, 0.25) is 11.8 Å². The molecule has 4 saturated heterocycles. The smallest absolute Gasteiger partial charge is 0.312 e. The van der Waals surface area contributed by atoms with Crippen LogP contribution >= 0.6 is 0 Å². The number of aliphatic hydroxyl groups excluding tert-OH is 1. The van der Waals surface area contributed by atoms with Crippen LogP contribution in [0.15, 0.2) is 55.6 Å². The minimum Gasteiger partial charge on any atom is -0.465 e. The van der Waals surface area contributed by atoms with Crippen molar-refractivity contribution in [1.82, 2.24) is 14.7 Å². The van der Waals surface area contributed by atoms with E-state index in [2.05, 4.69) is 18.1 Å². The largest absolute Gasteiger partial charge is 0.465 e. The van der Waals surface area contributed by atoms with Crippen LogP contribution in [0.4, 0.5) is 0 Å². The Kier molecular flexibility index (Phi) is 10.5. The van der Waals surface area contributed by atoms with Gasteiger partial charge in [0, 0.05) is 32.7 Å². The first kappa shape index (κ1) is 33.3. The van der Waals surface area contributed by atoms with Crippen LogP contribution in [0.5, 0.6) is 0 Å². The fourth-order valence-electron chi connectivity index (χ4n) is 8.04. The average Bonchev–Trinajstić information content (AvgIpc) is 3.57. The maximum absolute atomic E-state index is 14.8. The molecule has 3 unspecified atom stereocenters. The maximum Gasteiger partial charge on any atom is 0.312 e. The molecule has 246 valence electrons. The van der Waals surface area contributed by atoms with Crippen LogP contribution in [-0.2, 0) is 35.0 Å². The van der Waals surface area contributed by atoms with Gasteiger partial charge in [-0.25, -0.2) is 0 Å². The Morgan fingerprint density at radius 3 is 2.60 bits per heavy atom. The second-order valence-corrected chi connectivity index (χ2v) is 13.1. The third-order valence-electron chi connectivity index (χ3n) is 10.4. The normalized spacial score (nSPS) is 31.4. The molecule has 1 aromatic carbocycles. The summed E-state index contributed by atoms with van der Waals surface area (Å²) >= 11 is 0. The minimum atomic E-state index is -1.23. The van der Waals surface area contributed by atoms with E-state index in [-0.39, 0.29) is 30.9 Å². The van der Waals surface area contributed by atoms with Crippen molar-refractivity contribution >= 4 is 17.8 Å². The summed E-state index contributed by atoms with van der Waals surface area (Å²) in [4.78, 5) is 48.9. The lowest BCUT2D eigenvalue weighted by atomic mass is 9.62. The van der Waals surface area contributed by atoms with Crippen molar-refractivity contribution < 1.29 is 33.7 Å². The zero-order chi connectivity index (χ0) is 32.2. The van der Waals surface area contributed by atoms with Gasteiger partial charge in [-0.1, -0.05) is 49.4 Å². The molecule has 2 bridgehead atoms. The summed E-state index contributed by atoms with van der Waals surface area (Å²) in [5, 5.41) is 10.8. The number of hydrogen-bond acceptors (Lipinski definition) is 8. The van der Waals surface area contributed by atoms with Gasteiger partial charge in [-0.05, 0) is 44.1 Å². The van der Waals surface area contributed by atoms with Gasteiger partial charge in [-0.3, -0.25) is 19.3 Å². The summed E-state index contributed by atoms with van der Waals surface area (Å²) in [6.07, 6.45) is 5.62. The van der Waals surface area contributed by atoms with E-state index in [1.54, 1.807) is 22.0 Å². The Morgan fingerprint density at radius 2 is 1.93 bits per heavy atom. The zero-order valence-corrected chi connectivity index (χ0v) is 26.8. The molecule has 4 aliphatic heterocycles. The van der Waals surface area contributed by atoms with Gasteiger partial charge >= 0.3 is 5.97 Å². The highest BCUT2D eigenvalue weighted by atomic mass is 16.6. The summed E-state index contributed by atoms with van der Waals surface area (Å²) in [5.74, 6) is -2.92. The van der Waals surface area contributed by atoms with Crippen molar-refractivity contribution in [2.24, 2.45) is 17.8 Å². The van der Waals surface area contributed by atoms with Crippen LogP contribution in [-0.4, -0.2) is 120 Å². The van der Waals surface area contributed by atoms with Crippen LogP contribution in [0.3, 0.4) is 0 Å². The van der Waals surface area contributed by atoms with Crippen LogP contribution < -0.4 is 0 Å². The highest BCUT2D eigenvalue weighted by Gasteiger charge is 2.80. The van der Waals surface area contributed by atoms with E-state index >= 15 is 0 Å². The van der Waals surface area contributed by atoms with Crippen LogP contribution in [0, 0.1) is 17.8 Å². The standard InChI is InChI=1S/C35H49N3O7/c1-5-7-11-19-44-33(42)29-28-31(40)38(27(24-39)22-26-12-9-8-10-13-26)30(35(28)23-25(3)34(29,4)45-35)32(41)37(14-6-2)16-15-36-17-20-43-21-18-36/h5-6,8-10,12-13,25,27-30,39H,1-2,7,11,14-24H2,3-4H3/t25?,27-,28+,29+,30?,34-,35?/m1/s1. The predicted octanol–water partition coefficient (Wildman–Crippen LogP) is 2.46. The molecule has 0 saturated carbocycles. The number of benzene rings is 1. The molecular weight excluding hydrogens is 574 g/mol. The van der Waals surface area contributed by atoms with Crippen molar-refractivity contribution in [3.05, 3.63) is 61.2 Å². The molecule has 1 N–H and O–H groups in total. The monoisotopic (exact) mass is 623 g/mol. The molecule has 5 rings (SSSR count). The van der Waals surface area contributed by atoms with E-state index in [0.29, 0.717) is 58.5 Å². The molecule has 10 heteroatoms. The van der Waals surface area contributed by atoms with Crippen molar-refractivity contribution in [2.75, 3.05) is 59.2 Å². The number of fused-ring (bicyclic) bond motifs is 1. The molecule has 0 radical (unpaired) electrons. The second kappa shape index (κ2) is 14.2. The number of likely N-dealkylation sites (tertiary alicyclic amines) is 1. The van der Waals surface area contributed by atoms with Crippen molar-refractivity contribution in [3.63, 3.8) is 0 Å². The van der Waals surface area contributed by atoms with Crippen LogP contribution in [0.1, 0.15) is 38.7 Å². The molecule has 7 atom stereocenters. The number of morpholine rings is 1. The minimum absolute atomic E-state index is 0.106. The Labute approximate surface area is 267 Å². The lowest BCUT2D eigenvalue weighted by Crippen LogP contribution is -2.60. The molecule has 1 aromatic rings. The summed E-state index contributed by atoms with van der Waals surface area (Å²) in [7, 11) is 0. The first-order valence-corrected chi connectivity index (χ1v) is 16.4. The summed E-state index contributed by atoms with van der Waals surface area (Å²) in [6.45, 7) is 15.7. The van der Waals surface area contributed by atoms with E-state index in [0.717, 1.165) is 18.7 Å². The Morgan fingerprint density at radius 1 is 1.20 bits per heavy atom. The molecule has 4 aliphatic rings. The second-order valence-electron chi connectivity index (χ2n) is 13.1. The molecular formula is C35H49N3O7. The van der Waals surface area contributed by atoms with Gasteiger partial charge in [0.1, 0.15) is 17.6 Å². The molecule has 10 nitrogen and oxygen atoms in total. The highest BCUT2D eigenvalue weighted by molar-refractivity contribution is 5.99. The number of unbranched alkanes of at least 4 members (excludes halogenated alkanes) is 1. The number of allylic oxidation sites excluding steroid dienone is 1. The highest BCUT2D eigenvalue weighted by Crippen LogP contribution is 2.65. The van der Waals surface area contributed by atoms with E-state index in [1.165, 1.54) is 0 Å². The molecule has 4 fully saturated rings. The van der Waals surface area contributed by atoms with E-state index in [9.17, 15) is 19.5 Å². The summed E-state index contributed by atoms with van der Waals surface area (Å²) in [5.41, 5.74) is -1.26. The van der Waals surface area contributed by atoms with Gasteiger partial charge in [-0.2, -0.15) is 0 Å². The Hall–Kier alpha value is -3.05. The molecule has 0 aliphatic carbocycles. The fraction of sp³-hybridized carbons (Fsp3) is 0.629. The predicted molar refractivity (Wildman–Crippen MR) is 169 cm³/mol. The van der Waals surface area contributed by atoms with E-state index < -0.39 is 41.1 Å². The quantitative estimate of drug-likeness (QED) is 0.180. The lowest BCUT2D eigenvalue weighted by molar-refractivity contribution is -0.163. The third kappa shape index (κ3) is 6.22. The first-order valence-electron chi connectivity index (χ1n) is 16.4. The number of rotatable bonds is 15. The molecule has 2 amide bonds. The topological polar surface area (TPSA) is 109 Å². The summed E-state index contributed by atoms with van der Waals surface area (Å²) < 4.78 is 18.1. The van der Waals surface area contributed by atoms with E-state index in [1.807, 2.05) is 44.2 Å². The van der Waals surface area contributed by atoms with Crippen LogP contribution in [0.25, 0.3) is 0 Å². The van der Waals surface area contributed by atoms with Gasteiger partial charge in [-0.15, -0.1) is 13.2 Å². The summed E-state index contributed by atoms with van der Waals surface area (Å²) in [6, 6.07) is 7.93. The van der Waals surface area contributed by atoms with Gasteiger partial charge in [0.25, 0.3) is 0 Å². The van der Waals surface area contributed by atoms with Gasteiger partial charge < -0.3 is 29.1 Å². The number of nitrogens with zero attached hydrogens (tertiary/aromatic N) is 3. The fourth-order valence-corrected chi connectivity index (χ4v) is 8.04. The Balaban J connectivity index is 1.52. The van der Waals surface area contributed by atoms with Gasteiger partial charge in [0.05, 0.1) is 44.0 Å². The number of amides is 2.